The third-order valence-corrected chi connectivity index (χ3v) is 12.4. The van der Waals surface area contributed by atoms with E-state index in [2.05, 4.69) is 173 Å². The van der Waals surface area contributed by atoms with Gasteiger partial charge in [0.1, 0.15) is 0 Å². The molecule has 11 aromatic rings. The van der Waals surface area contributed by atoms with E-state index in [4.69, 9.17) is 15.0 Å². The fourth-order valence-electron chi connectivity index (χ4n) is 9.27. The van der Waals surface area contributed by atoms with E-state index in [-0.39, 0.29) is 0 Å². The highest BCUT2D eigenvalue weighted by Gasteiger charge is 2.21. The zero-order valence-electron chi connectivity index (χ0n) is 34.6. The Morgan fingerprint density at radius 1 is 0.365 bits per heavy atom. The van der Waals surface area contributed by atoms with Gasteiger partial charge in [0, 0.05) is 68.9 Å². The first-order chi connectivity index (χ1) is 31.1. The molecule has 1 aliphatic heterocycles. The fourth-order valence-corrected chi connectivity index (χ4v) is 9.27. The van der Waals surface area contributed by atoms with Crippen LogP contribution in [0, 0.1) is 0 Å². The highest BCUT2D eigenvalue weighted by Crippen LogP contribution is 2.38. The zero-order valence-corrected chi connectivity index (χ0v) is 34.6. The predicted molar refractivity (Wildman–Crippen MR) is 260 cm³/mol. The number of para-hydroxylation sites is 3. The molecule has 12 rings (SSSR count). The predicted octanol–water partition coefficient (Wildman–Crippen LogP) is 13.4. The molecule has 0 aliphatic carbocycles. The van der Waals surface area contributed by atoms with E-state index in [0.29, 0.717) is 17.5 Å². The Balaban J connectivity index is 0.920. The Kier molecular flexibility index (Phi) is 8.68. The van der Waals surface area contributed by atoms with Gasteiger partial charge in [-0.3, -0.25) is 0 Å². The van der Waals surface area contributed by atoms with Gasteiger partial charge in [0.25, 0.3) is 0 Å². The van der Waals surface area contributed by atoms with E-state index < -0.39 is 0 Å². The maximum atomic E-state index is 5.04. The fraction of sp³-hybridized carbons (Fsp3) is 0.0351. The summed E-state index contributed by atoms with van der Waals surface area (Å²) in [5.74, 6) is 1.97. The number of rotatable bonds is 7. The van der Waals surface area contributed by atoms with Crippen molar-refractivity contribution in [2.45, 2.75) is 0 Å². The van der Waals surface area contributed by atoms with Crippen LogP contribution in [0.25, 0.3) is 100 Å². The lowest BCUT2D eigenvalue weighted by Crippen LogP contribution is -2.20. The van der Waals surface area contributed by atoms with Crippen molar-refractivity contribution < 1.29 is 0 Å². The van der Waals surface area contributed by atoms with Crippen molar-refractivity contribution in [3.8, 4) is 45.3 Å². The van der Waals surface area contributed by atoms with Crippen LogP contribution in [0.2, 0.25) is 0 Å². The van der Waals surface area contributed by atoms with Gasteiger partial charge in [-0.05, 0) is 77.4 Å². The smallest absolute Gasteiger partial charge is 0.164 e. The molecule has 0 saturated heterocycles. The number of likely N-dealkylation sites (N-methyl/N-ethyl adjacent to an activating group) is 1. The van der Waals surface area contributed by atoms with Crippen molar-refractivity contribution in [2.75, 3.05) is 13.6 Å². The van der Waals surface area contributed by atoms with Gasteiger partial charge < -0.3 is 14.0 Å². The standard InChI is InChI=1S/C57H40N6/c1-61-34-33-43(57-59-55(39-15-5-2-6-16-39)58-56(60-57)40-17-7-3-8-18-40)37-53(61)42-28-32-52-49(35-42)47-22-12-14-24-51(47)62(52)45-29-25-38(26-30-45)41-27-31-48-46-21-11-13-23-50(46)63(54(48)36-41)44-19-9-4-10-20-44/h2-33,35-37H,34H2,1H3. The van der Waals surface area contributed by atoms with E-state index in [0.717, 1.165) is 51.4 Å². The first-order valence-corrected chi connectivity index (χ1v) is 21.4. The molecule has 6 heteroatoms. The van der Waals surface area contributed by atoms with Crippen molar-refractivity contribution in [3.05, 3.63) is 224 Å². The molecule has 0 atom stereocenters. The van der Waals surface area contributed by atoms with E-state index in [1.807, 2.05) is 60.7 Å². The molecule has 298 valence electrons. The minimum atomic E-state index is 0.657. The second-order valence-electron chi connectivity index (χ2n) is 16.2. The number of benzene rings is 8. The van der Waals surface area contributed by atoms with Crippen LogP contribution in [0.4, 0.5) is 0 Å². The summed E-state index contributed by atoms with van der Waals surface area (Å²) >= 11 is 0. The van der Waals surface area contributed by atoms with Crippen LogP contribution in [-0.2, 0) is 0 Å². The first-order valence-electron chi connectivity index (χ1n) is 21.4. The molecule has 0 spiro atoms. The molecule has 0 N–H and O–H groups in total. The number of fused-ring (bicyclic) bond motifs is 6. The average Bonchev–Trinajstić information content (AvgIpc) is 3.87. The second kappa shape index (κ2) is 15.0. The lowest BCUT2D eigenvalue weighted by molar-refractivity contribution is 0.532. The van der Waals surface area contributed by atoms with Crippen molar-refractivity contribution in [3.63, 3.8) is 0 Å². The molecule has 0 fully saturated rings. The molecular formula is C57H40N6. The van der Waals surface area contributed by atoms with Crippen molar-refractivity contribution in [1.29, 1.82) is 0 Å². The molecule has 0 bridgehead atoms. The Labute approximate surface area is 365 Å². The number of hydrogen-bond acceptors (Lipinski definition) is 4. The average molecular weight is 809 g/mol. The van der Waals surface area contributed by atoms with E-state index in [9.17, 15) is 0 Å². The maximum Gasteiger partial charge on any atom is 0.164 e. The molecule has 1 aliphatic rings. The first kappa shape index (κ1) is 36.5. The topological polar surface area (TPSA) is 51.8 Å². The van der Waals surface area contributed by atoms with Gasteiger partial charge in [0.15, 0.2) is 17.5 Å². The van der Waals surface area contributed by atoms with Gasteiger partial charge in [0.05, 0.1) is 22.1 Å². The SMILES string of the molecule is CN1CC=C(c2nc(-c3ccccc3)nc(-c3ccccc3)n2)C=C1c1ccc2c(c1)c1ccccc1n2-c1ccc(-c2ccc3c4ccccc4n(-c4ccccc4)c3c2)cc1. The quantitative estimate of drug-likeness (QED) is 0.161. The molecule has 0 amide bonds. The summed E-state index contributed by atoms with van der Waals surface area (Å²) in [7, 11) is 2.14. The monoisotopic (exact) mass is 808 g/mol. The molecule has 0 saturated carbocycles. The summed E-state index contributed by atoms with van der Waals surface area (Å²) in [5.41, 5.74) is 14.5. The van der Waals surface area contributed by atoms with Crippen molar-refractivity contribution >= 4 is 54.9 Å². The summed E-state index contributed by atoms with van der Waals surface area (Å²) < 4.78 is 4.77. The molecule has 63 heavy (non-hydrogen) atoms. The van der Waals surface area contributed by atoms with Crippen molar-refractivity contribution in [2.24, 2.45) is 0 Å². The number of allylic oxidation sites excluding steroid dienone is 2. The molecule has 0 unspecified atom stereocenters. The Hall–Kier alpha value is -8.35. The summed E-state index contributed by atoms with van der Waals surface area (Å²) in [6.45, 7) is 0.724. The van der Waals surface area contributed by atoms with E-state index >= 15 is 0 Å². The van der Waals surface area contributed by atoms with Crippen LogP contribution >= 0.6 is 0 Å². The number of nitrogens with zero attached hydrogens (tertiary/aromatic N) is 6. The van der Waals surface area contributed by atoms with Crippen LogP contribution in [-0.4, -0.2) is 42.6 Å². The normalized spacial score (nSPS) is 12.9. The van der Waals surface area contributed by atoms with Gasteiger partial charge in [-0.15, -0.1) is 0 Å². The Bertz CT molecular complexity index is 3520. The van der Waals surface area contributed by atoms with Crippen LogP contribution < -0.4 is 0 Å². The molecule has 3 aromatic heterocycles. The number of aromatic nitrogens is 5. The summed E-state index contributed by atoms with van der Waals surface area (Å²) in [6, 6.07) is 71.1. The zero-order chi connectivity index (χ0) is 41.9. The van der Waals surface area contributed by atoms with Crippen molar-refractivity contribution in [1.82, 2.24) is 29.0 Å². The minimum Gasteiger partial charge on any atom is -0.370 e. The van der Waals surface area contributed by atoms with Gasteiger partial charge in [0.2, 0.25) is 0 Å². The van der Waals surface area contributed by atoms with E-state index in [1.165, 1.54) is 49.2 Å². The maximum absolute atomic E-state index is 5.04. The third kappa shape index (κ3) is 6.31. The van der Waals surface area contributed by atoms with Gasteiger partial charge in [-0.2, -0.15) is 0 Å². The van der Waals surface area contributed by atoms with Gasteiger partial charge in [-0.1, -0.05) is 152 Å². The van der Waals surface area contributed by atoms with Crippen LogP contribution in [0.3, 0.4) is 0 Å². The molecule has 0 radical (unpaired) electrons. The van der Waals surface area contributed by atoms with Gasteiger partial charge in [-0.25, -0.2) is 15.0 Å². The highest BCUT2D eigenvalue weighted by atomic mass is 15.1. The second-order valence-corrected chi connectivity index (χ2v) is 16.2. The lowest BCUT2D eigenvalue weighted by atomic mass is 10.0. The largest absolute Gasteiger partial charge is 0.370 e. The van der Waals surface area contributed by atoms with Crippen LogP contribution in [0.1, 0.15) is 11.4 Å². The van der Waals surface area contributed by atoms with Crippen LogP contribution in [0.5, 0.6) is 0 Å². The Morgan fingerprint density at radius 2 is 0.857 bits per heavy atom. The molecule has 8 aromatic carbocycles. The van der Waals surface area contributed by atoms with E-state index in [1.54, 1.807) is 0 Å². The molecule has 6 nitrogen and oxygen atoms in total. The van der Waals surface area contributed by atoms with Gasteiger partial charge >= 0.3 is 0 Å². The van der Waals surface area contributed by atoms with Crippen LogP contribution in [0.15, 0.2) is 212 Å². The highest BCUT2D eigenvalue weighted by molar-refractivity contribution is 6.11. The minimum absolute atomic E-state index is 0.657. The summed E-state index contributed by atoms with van der Waals surface area (Å²) in [6.07, 6.45) is 4.43. The summed E-state index contributed by atoms with van der Waals surface area (Å²) in [5, 5.41) is 4.93. The third-order valence-electron chi connectivity index (χ3n) is 12.4. The lowest BCUT2D eigenvalue weighted by Gasteiger charge is -2.26. The molecule has 4 heterocycles. The number of hydrogen-bond donors (Lipinski definition) is 0. The summed E-state index contributed by atoms with van der Waals surface area (Å²) in [4.78, 5) is 17.3. The molecular weight excluding hydrogens is 769 g/mol. The Morgan fingerprint density at radius 3 is 1.52 bits per heavy atom.